The predicted octanol–water partition coefficient (Wildman–Crippen LogP) is 1.07. The van der Waals surface area contributed by atoms with Crippen LogP contribution in [-0.4, -0.2) is 56.2 Å². The zero-order valence-electron chi connectivity index (χ0n) is 13.3. The van der Waals surface area contributed by atoms with E-state index < -0.39 is 31.3 Å². The van der Waals surface area contributed by atoms with Crippen LogP contribution in [0.15, 0.2) is 12.7 Å². The molecule has 130 valence electrons. The molecule has 0 radical (unpaired) electrons. The van der Waals surface area contributed by atoms with Gasteiger partial charge in [-0.15, -0.1) is 0 Å². The van der Waals surface area contributed by atoms with Gasteiger partial charge in [-0.05, 0) is 25.7 Å². The van der Waals surface area contributed by atoms with Crippen LogP contribution in [0.4, 0.5) is 0 Å². The quantitative estimate of drug-likeness (QED) is 0.776. The number of aliphatic hydroxyl groups is 1. The van der Waals surface area contributed by atoms with Gasteiger partial charge in [0.05, 0.1) is 18.1 Å². The van der Waals surface area contributed by atoms with Crippen LogP contribution < -0.4 is 0 Å². The van der Waals surface area contributed by atoms with E-state index in [1.807, 2.05) is 13.8 Å². The topological polar surface area (TPSA) is 101 Å². The standard InChI is InChI=1S/C13H17N4O5PS/c1-6-8-12(15-4-14-6)17(5-16-8)13-9(18)11-10(20-13)7(2)21-23(24,19-3)22-11/h4-5,7,9-11,13,18H,1-3H3/t7?,9-,10-,11+,13-,23?/m1/s1. The van der Waals surface area contributed by atoms with Crippen molar-refractivity contribution in [2.45, 2.75) is 44.5 Å². The lowest BCUT2D eigenvalue weighted by molar-refractivity contribution is -0.0922. The van der Waals surface area contributed by atoms with Crippen LogP contribution in [0.1, 0.15) is 18.8 Å². The first kappa shape index (κ1) is 16.5. The van der Waals surface area contributed by atoms with Gasteiger partial charge in [-0.1, -0.05) is 0 Å². The van der Waals surface area contributed by atoms with Gasteiger partial charge in [-0.3, -0.25) is 9.09 Å². The predicted molar refractivity (Wildman–Crippen MR) is 86.7 cm³/mol. The number of imidazole rings is 1. The third kappa shape index (κ3) is 2.41. The molecule has 4 rings (SSSR count). The molecular weight excluding hydrogens is 355 g/mol. The molecule has 6 atom stereocenters. The minimum Gasteiger partial charge on any atom is -0.386 e. The van der Waals surface area contributed by atoms with E-state index in [-0.39, 0.29) is 6.10 Å². The molecule has 2 aliphatic rings. The Morgan fingerprint density at radius 1 is 1.29 bits per heavy atom. The van der Waals surface area contributed by atoms with Gasteiger partial charge in [-0.2, -0.15) is 0 Å². The molecule has 2 fully saturated rings. The molecule has 0 saturated carbocycles. The Labute approximate surface area is 143 Å². The maximum Gasteiger partial charge on any atom is 0.327 e. The van der Waals surface area contributed by atoms with Crippen molar-refractivity contribution in [1.29, 1.82) is 0 Å². The van der Waals surface area contributed by atoms with E-state index in [1.165, 1.54) is 13.4 Å². The molecule has 1 N–H and O–H groups in total. The summed E-state index contributed by atoms with van der Waals surface area (Å²) in [7, 11) is 1.44. The van der Waals surface area contributed by atoms with Gasteiger partial charge in [0.15, 0.2) is 11.9 Å². The van der Waals surface area contributed by atoms with Crippen molar-refractivity contribution in [2.75, 3.05) is 7.11 Å². The van der Waals surface area contributed by atoms with Crippen molar-refractivity contribution in [2.24, 2.45) is 0 Å². The first-order valence-corrected chi connectivity index (χ1v) is 9.99. The van der Waals surface area contributed by atoms with Crippen molar-refractivity contribution in [3.8, 4) is 0 Å². The third-order valence-corrected chi connectivity index (χ3v) is 6.80. The molecule has 0 spiro atoms. The van der Waals surface area contributed by atoms with E-state index in [0.717, 1.165) is 5.69 Å². The monoisotopic (exact) mass is 372 g/mol. The van der Waals surface area contributed by atoms with Crippen LogP contribution in [0.2, 0.25) is 0 Å². The minimum absolute atomic E-state index is 0.361. The number of fused-ring (bicyclic) bond motifs is 2. The van der Waals surface area contributed by atoms with Crippen molar-refractivity contribution in [1.82, 2.24) is 19.5 Å². The van der Waals surface area contributed by atoms with Crippen molar-refractivity contribution < 1.29 is 23.4 Å². The molecule has 2 aromatic rings. The highest BCUT2D eigenvalue weighted by atomic mass is 32.5. The minimum atomic E-state index is -2.87. The molecule has 24 heavy (non-hydrogen) atoms. The van der Waals surface area contributed by atoms with Gasteiger partial charge in [0.25, 0.3) is 0 Å². The normalized spacial score (nSPS) is 39.2. The zero-order chi connectivity index (χ0) is 17.1. The molecule has 9 nitrogen and oxygen atoms in total. The molecule has 2 unspecified atom stereocenters. The Morgan fingerprint density at radius 3 is 2.83 bits per heavy atom. The zero-order valence-corrected chi connectivity index (χ0v) is 15.0. The number of aliphatic hydroxyl groups excluding tert-OH is 1. The highest BCUT2D eigenvalue weighted by molar-refractivity contribution is 8.07. The van der Waals surface area contributed by atoms with E-state index in [9.17, 15) is 5.11 Å². The van der Waals surface area contributed by atoms with E-state index in [1.54, 1.807) is 10.9 Å². The molecule has 2 aromatic heterocycles. The highest BCUT2D eigenvalue weighted by Crippen LogP contribution is 2.58. The van der Waals surface area contributed by atoms with Crippen LogP contribution in [-0.2, 0) is 30.1 Å². The number of ether oxygens (including phenoxy) is 1. The van der Waals surface area contributed by atoms with Crippen LogP contribution in [0.5, 0.6) is 0 Å². The summed E-state index contributed by atoms with van der Waals surface area (Å²) in [6, 6.07) is 0. The molecular formula is C13H17N4O5PS. The SMILES string of the molecule is COP1(=S)OC(C)[C@H]2O[C@@H](n3cnc4c(C)ncnc43)[C@H](O)[C@@H]2O1. The van der Waals surface area contributed by atoms with Crippen LogP contribution >= 0.6 is 6.72 Å². The maximum absolute atomic E-state index is 10.7. The number of nitrogens with zero attached hydrogens (tertiary/aromatic N) is 4. The lowest BCUT2D eigenvalue weighted by Crippen LogP contribution is -2.43. The molecule has 0 aromatic carbocycles. The van der Waals surface area contributed by atoms with E-state index in [4.69, 9.17) is 30.1 Å². The molecule has 0 bridgehead atoms. The van der Waals surface area contributed by atoms with E-state index in [2.05, 4.69) is 15.0 Å². The smallest absolute Gasteiger partial charge is 0.327 e. The Bertz CT molecular complexity index is 832. The van der Waals surface area contributed by atoms with Crippen molar-refractivity contribution >= 4 is 29.7 Å². The largest absolute Gasteiger partial charge is 0.386 e. The van der Waals surface area contributed by atoms with Gasteiger partial charge in [0.2, 0.25) is 0 Å². The summed E-state index contributed by atoms with van der Waals surface area (Å²) in [5.41, 5.74) is 2.01. The lowest BCUT2D eigenvalue weighted by Gasteiger charge is -2.36. The van der Waals surface area contributed by atoms with E-state index in [0.29, 0.717) is 11.2 Å². The third-order valence-electron chi connectivity index (χ3n) is 4.30. The van der Waals surface area contributed by atoms with Gasteiger partial charge < -0.3 is 18.9 Å². The second kappa shape index (κ2) is 5.77. The summed E-state index contributed by atoms with van der Waals surface area (Å²) in [5.74, 6) is 0. The number of hydrogen-bond donors (Lipinski definition) is 1. The molecule has 2 aliphatic heterocycles. The summed E-state index contributed by atoms with van der Waals surface area (Å²) in [6.45, 7) is 0.801. The van der Waals surface area contributed by atoms with Crippen molar-refractivity contribution in [3.63, 3.8) is 0 Å². The fourth-order valence-electron chi connectivity index (χ4n) is 3.08. The fraction of sp³-hybridized carbons (Fsp3) is 0.615. The van der Waals surface area contributed by atoms with Gasteiger partial charge in [0, 0.05) is 7.11 Å². The number of hydrogen-bond acceptors (Lipinski definition) is 9. The summed E-state index contributed by atoms with van der Waals surface area (Å²) in [5, 5.41) is 10.7. The second-order valence-corrected chi connectivity index (χ2v) is 8.80. The average molecular weight is 372 g/mol. The van der Waals surface area contributed by atoms with Gasteiger partial charge in [-0.25, -0.2) is 15.0 Å². The van der Waals surface area contributed by atoms with Gasteiger partial charge in [0.1, 0.15) is 30.2 Å². The molecule has 4 heterocycles. The first-order chi connectivity index (χ1) is 11.4. The molecule has 0 amide bonds. The Hall–Kier alpha value is -1.00. The Balaban J connectivity index is 1.71. The Morgan fingerprint density at radius 2 is 2.08 bits per heavy atom. The summed E-state index contributed by atoms with van der Waals surface area (Å²) in [6.07, 6.45) is -0.0794. The summed E-state index contributed by atoms with van der Waals surface area (Å²) >= 11 is 5.28. The van der Waals surface area contributed by atoms with Crippen LogP contribution in [0, 0.1) is 6.92 Å². The average Bonchev–Trinajstić information content (AvgIpc) is 3.11. The fourth-order valence-corrected chi connectivity index (χ4v) is 5.08. The van der Waals surface area contributed by atoms with E-state index >= 15 is 0 Å². The molecule has 0 aliphatic carbocycles. The summed E-state index contributed by atoms with van der Waals surface area (Å²) in [4.78, 5) is 12.7. The Kier molecular flexibility index (Phi) is 3.96. The lowest BCUT2D eigenvalue weighted by atomic mass is 10.1. The van der Waals surface area contributed by atoms with Crippen LogP contribution in [0.25, 0.3) is 11.2 Å². The molecule has 11 heteroatoms. The van der Waals surface area contributed by atoms with Gasteiger partial charge >= 0.3 is 6.72 Å². The maximum atomic E-state index is 10.7. The highest BCUT2D eigenvalue weighted by Gasteiger charge is 2.54. The number of aryl methyl sites for hydroxylation is 1. The van der Waals surface area contributed by atoms with Crippen LogP contribution in [0.3, 0.4) is 0 Å². The van der Waals surface area contributed by atoms with Crippen molar-refractivity contribution in [3.05, 3.63) is 18.3 Å². The molecule has 2 saturated heterocycles. The second-order valence-electron chi connectivity index (χ2n) is 5.78. The summed E-state index contributed by atoms with van der Waals surface area (Å²) < 4.78 is 24.3. The number of aromatic nitrogens is 4. The number of rotatable bonds is 2. The first-order valence-electron chi connectivity index (χ1n) is 7.44.